The first-order chi connectivity index (χ1) is 9.29. The molecule has 0 amide bonds. The SMILES string of the molecule is COc1nc(N2CCCC3CCCCC32)ccc1N. The number of aromatic nitrogens is 1. The zero-order valence-corrected chi connectivity index (χ0v) is 11.6. The molecule has 0 bridgehead atoms. The maximum Gasteiger partial charge on any atom is 0.238 e. The highest BCUT2D eigenvalue weighted by Gasteiger charge is 2.33. The van der Waals surface area contributed by atoms with Gasteiger partial charge < -0.3 is 15.4 Å². The van der Waals surface area contributed by atoms with Gasteiger partial charge in [-0.25, -0.2) is 0 Å². The Morgan fingerprint density at radius 1 is 1.21 bits per heavy atom. The van der Waals surface area contributed by atoms with Crippen LogP contribution < -0.4 is 15.4 Å². The third-order valence-electron chi connectivity index (χ3n) is 4.61. The fraction of sp³-hybridized carbons (Fsp3) is 0.667. The van der Waals surface area contributed by atoms with Crippen LogP contribution in [-0.2, 0) is 0 Å². The van der Waals surface area contributed by atoms with Gasteiger partial charge in [0.2, 0.25) is 5.88 Å². The highest BCUT2D eigenvalue weighted by Crippen LogP contribution is 2.37. The van der Waals surface area contributed by atoms with Gasteiger partial charge in [0.05, 0.1) is 12.8 Å². The molecule has 19 heavy (non-hydrogen) atoms. The molecule has 1 aromatic rings. The van der Waals surface area contributed by atoms with Gasteiger partial charge in [-0.1, -0.05) is 12.8 Å². The molecular formula is C15H23N3O. The van der Waals surface area contributed by atoms with Gasteiger partial charge in [0, 0.05) is 12.6 Å². The van der Waals surface area contributed by atoms with Gasteiger partial charge in [-0.05, 0) is 43.7 Å². The van der Waals surface area contributed by atoms with Gasteiger partial charge in [-0.3, -0.25) is 0 Å². The van der Waals surface area contributed by atoms with E-state index in [0.29, 0.717) is 17.6 Å². The van der Waals surface area contributed by atoms with Crippen molar-refractivity contribution in [3.8, 4) is 5.88 Å². The fourth-order valence-electron chi connectivity index (χ4n) is 3.67. The van der Waals surface area contributed by atoms with Crippen molar-refractivity contribution in [1.29, 1.82) is 0 Å². The first-order valence-electron chi connectivity index (χ1n) is 7.37. The minimum Gasteiger partial charge on any atom is -0.479 e. The second-order valence-corrected chi connectivity index (χ2v) is 5.72. The van der Waals surface area contributed by atoms with Crippen LogP contribution in [0.25, 0.3) is 0 Å². The van der Waals surface area contributed by atoms with Crippen LogP contribution in [0.3, 0.4) is 0 Å². The van der Waals surface area contributed by atoms with Crippen molar-refractivity contribution >= 4 is 11.5 Å². The summed E-state index contributed by atoms with van der Waals surface area (Å²) in [6.07, 6.45) is 8.09. The summed E-state index contributed by atoms with van der Waals surface area (Å²) in [4.78, 5) is 7.07. The number of ether oxygens (including phenoxy) is 1. The maximum atomic E-state index is 5.86. The number of nitrogen functional groups attached to an aromatic ring is 1. The maximum absolute atomic E-state index is 5.86. The first kappa shape index (κ1) is 12.6. The van der Waals surface area contributed by atoms with Crippen LogP contribution in [0, 0.1) is 5.92 Å². The Kier molecular flexibility index (Phi) is 3.49. The van der Waals surface area contributed by atoms with E-state index < -0.39 is 0 Å². The monoisotopic (exact) mass is 261 g/mol. The smallest absolute Gasteiger partial charge is 0.238 e. The van der Waals surface area contributed by atoms with Crippen LogP contribution in [0.1, 0.15) is 38.5 Å². The normalized spacial score (nSPS) is 26.9. The van der Waals surface area contributed by atoms with Crippen molar-refractivity contribution in [2.24, 2.45) is 5.92 Å². The van der Waals surface area contributed by atoms with Crippen molar-refractivity contribution < 1.29 is 4.74 Å². The predicted octanol–water partition coefficient (Wildman–Crippen LogP) is 2.83. The van der Waals surface area contributed by atoms with E-state index in [1.54, 1.807) is 7.11 Å². The summed E-state index contributed by atoms with van der Waals surface area (Å²) in [6.45, 7) is 1.11. The molecule has 4 heteroatoms. The lowest BCUT2D eigenvalue weighted by atomic mass is 9.78. The van der Waals surface area contributed by atoms with E-state index in [1.807, 2.05) is 12.1 Å². The quantitative estimate of drug-likeness (QED) is 0.889. The summed E-state index contributed by atoms with van der Waals surface area (Å²) < 4.78 is 5.25. The van der Waals surface area contributed by atoms with E-state index in [2.05, 4.69) is 9.88 Å². The van der Waals surface area contributed by atoms with Crippen LogP contribution in [0.5, 0.6) is 5.88 Å². The van der Waals surface area contributed by atoms with E-state index in [0.717, 1.165) is 18.3 Å². The average molecular weight is 261 g/mol. The highest BCUT2D eigenvalue weighted by atomic mass is 16.5. The Bertz CT molecular complexity index is 447. The fourth-order valence-corrected chi connectivity index (χ4v) is 3.67. The van der Waals surface area contributed by atoms with Crippen LogP contribution in [-0.4, -0.2) is 24.7 Å². The van der Waals surface area contributed by atoms with Gasteiger partial charge in [0.25, 0.3) is 0 Å². The third-order valence-corrected chi connectivity index (χ3v) is 4.61. The number of hydrogen-bond donors (Lipinski definition) is 1. The second kappa shape index (κ2) is 5.27. The predicted molar refractivity (Wildman–Crippen MR) is 77.5 cm³/mol. The summed E-state index contributed by atoms with van der Waals surface area (Å²) >= 11 is 0. The van der Waals surface area contributed by atoms with E-state index in [4.69, 9.17) is 10.5 Å². The van der Waals surface area contributed by atoms with Crippen LogP contribution in [0.2, 0.25) is 0 Å². The molecule has 2 fully saturated rings. The zero-order chi connectivity index (χ0) is 13.2. The van der Waals surface area contributed by atoms with Crippen LogP contribution >= 0.6 is 0 Å². The number of piperidine rings is 1. The minimum absolute atomic E-state index is 0.551. The van der Waals surface area contributed by atoms with Crippen molar-refractivity contribution in [2.75, 3.05) is 24.3 Å². The topological polar surface area (TPSA) is 51.4 Å². The summed E-state index contributed by atoms with van der Waals surface area (Å²) in [6, 6.07) is 4.62. The largest absolute Gasteiger partial charge is 0.479 e. The number of anilines is 2. The number of rotatable bonds is 2. The standard InChI is InChI=1S/C15H23N3O/c1-19-15-12(16)8-9-14(17-15)18-10-4-6-11-5-2-3-7-13(11)18/h8-9,11,13H,2-7,10,16H2,1H3. The van der Waals surface area contributed by atoms with Gasteiger partial charge in [-0.2, -0.15) is 4.98 Å². The number of nitrogens with two attached hydrogens (primary N) is 1. The first-order valence-corrected chi connectivity index (χ1v) is 7.37. The Labute approximate surface area is 115 Å². The highest BCUT2D eigenvalue weighted by molar-refractivity contribution is 5.55. The third kappa shape index (κ3) is 2.36. The van der Waals surface area contributed by atoms with Gasteiger partial charge in [-0.15, -0.1) is 0 Å². The molecule has 1 saturated carbocycles. The van der Waals surface area contributed by atoms with Crippen LogP contribution in [0.15, 0.2) is 12.1 Å². The van der Waals surface area contributed by atoms with Crippen molar-refractivity contribution in [3.05, 3.63) is 12.1 Å². The molecule has 0 spiro atoms. The summed E-state index contributed by atoms with van der Waals surface area (Å²) in [5, 5.41) is 0. The molecule has 1 aliphatic carbocycles. The number of fused-ring (bicyclic) bond motifs is 1. The minimum atomic E-state index is 0.551. The molecule has 4 nitrogen and oxygen atoms in total. The van der Waals surface area contributed by atoms with Gasteiger partial charge in [0.15, 0.2) is 0 Å². The lowest BCUT2D eigenvalue weighted by Crippen LogP contribution is -2.47. The number of methoxy groups -OCH3 is 1. The van der Waals surface area contributed by atoms with Crippen molar-refractivity contribution in [2.45, 2.75) is 44.6 Å². The lowest BCUT2D eigenvalue weighted by molar-refractivity contribution is 0.242. The van der Waals surface area contributed by atoms with E-state index in [9.17, 15) is 0 Å². The lowest BCUT2D eigenvalue weighted by Gasteiger charge is -2.44. The molecule has 1 aromatic heterocycles. The Hall–Kier alpha value is -1.45. The number of hydrogen-bond acceptors (Lipinski definition) is 4. The summed E-state index contributed by atoms with van der Waals surface area (Å²) in [5.74, 6) is 2.44. The molecular weight excluding hydrogens is 238 g/mol. The molecule has 2 heterocycles. The van der Waals surface area contributed by atoms with E-state index in [-0.39, 0.29) is 0 Å². The van der Waals surface area contributed by atoms with E-state index >= 15 is 0 Å². The zero-order valence-electron chi connectivity index (χ0n) is 11.6. The molecule has 2 N–H and O–H groups in total. The molecule has 0 radical (unpaired) electrons. The molecule has 2 unspecified atom stereocenters. The summed E-state index contributed by atoms with van der Waals surface area (Å²) in [5.41, 5.74) is 6.47. The van der Waals surface area contributed by atoms with Crippen molar-refractivity contribution in [1.82, 2.24) is 4.98 Å². The average Bonchev–Trinajstić information content (AvgIpc) is 2.47. The molecule has 1 aliphatic heterocycles. The molecule has 2 atom stereocenters. The number of nitrogens with zero attached hydrogens (tertiary/aromatic N) is 2. The second-order valence-electron chi connectivity index (χ2n) is 5.72. The van der Waals surface area contributed by atoms with Gasteiger partial charge in [0.1, 0.15) is 5.82 Å². The van der Waals surface area contributed by atoms with Gasteiger partial charge >= 0.3 is 0 Å². The summed E-state index contributed by atoms with van der Waals surface area (Å²) in [7, 11) is 1.63. The Morgan fingerprint density at radius 3 is 2.84 bits per heavy atom. The Balaban J connectivity index is 1.87. The molecule has 104 valence electrons. The number of pyridine rings is 1. The molecule has 3 rings (SSSR count). The molecule has 0 aromatic carbocycles. The molecule has 2 aliphatic rings. The Morgan fingerprint density at radius 2 is 2.00 bits per heavy atom. The van der Waals surface area contributed by atoms with E-state index in [1.165, 1.54) is 38.5 Å². The van der Waals surface area contributed by atoms with Crippen molar-refractivity contribution in [3.63, 3.8) is 0 Å². The van der Waals surface area contributed by atoms with Crippen LogP contribution in [0.4, 0.5) is 11.5 Å². The molecule has 1 saturated heterocycles.